The molecule has 10 aromatic rings. The van der Waals surface area contributed by atoms with Gasteiger partial charge in [0.25, 0.3) is 0 Å². The van der Waals surface area contributed by atoms with Crippen LogP contribution in [0, 0.1) is 0 Å². The Labute approximate surface area is 271 Å². The summed E-state index contributed by atoms with van der Waals surface area (Å²) in [6.07, 6.45) is 0. The van der Waals surface area contributed by atoms with Gasteiger partial charge in [-0.2, -0.15) is 0 Å². The standard InChI is InChI=1S/C44H28N2O/c1-3-13-31(14-4-1)45-37-21-9-7-17-35(37)41-33(19-11-23-39(41)45)29-25-27-30(28-26-29)34-20-12-24-40-42(34)43-44(47-40)36-18-8-10-22-38(36)46(43)32-15-5-2-6-16-32/h1-28H. The van der Waals surface area contributed by atoms with Gasteiger partial charge in [-0.05, 0) is 76.9 Å². The first-order valence-electron chi connectivity index (χ1n) is 16.0. The van der Waals surface area contributed by atoms with Crippen LogP contribution in [-0.4, -0.2) is 9.13 Å². The molecule has 0 amide bonds. The fourth-order valence-corrected chi connectivity index (χ4v) is 7.54. The van der Waals surface area contributed by atoms with Crippen LogP contribution in [0.3, 0.4) is 0 Å². The van der Waals surface area contributed by atoms with Crippen LogP contribution in [-0.2, 0) is 0 Å². The van der Waals surface area contributed by atoms with Crippen molar-refractivity contribution in [2.24, 2.45) is 0 Å². The Morgan fingerprint density at radius 2 is 0.872 bits per heavy atom. The zero-order chi connectivity index (χ0) is 30.9. The van der Waals surface area contributed by atoms with Crippen molar-refractivity contribution in [3.05, 3.63) is 170 Å². The minimum atomic E-state index is 0.894. The number of rotatable bonds is 4. The van der Waals surface area contributed by atoms with Gasteiger partial charge in [0.1, 0.15) is 11.1 Å². The van der Waals surface area contributed by atoms with Crippen molar-refractivity contribution in [1.29, 1.82) is 0 Å². The second-order valence-electron chi connectivity index (χ2n) is 12.1. The maximum Gasteiger partial charge on any atom is 0.161 e. The van der Waals surface area contributed by atoms with Gasteiger partial charge < -0.3 is 13.6 Å². The monoisotopic (exact) mass is 600 g/mol. The van der Waals surface area contributed by atoms with Crippen molar-refractivity contribution in [3.63, 3.8) is 0 Å². The Hall–Kier alpha value is -6.32. The van der Waals surface area contributed by atoms with Crippen molar-refractivity contribution in [1.82, 2.24) is 9.13 Å². The van der Waals surface area contributed by atoms with Gasteiger partial charge in [0.15, 0.2) is 5.58 Å². The highest BCUT2D eigenvalue weighted by Crippen LogP contribution is 2.44. The number of nitrogens with zero attached hydrogens (tertiary/aromatic N) is 2. The van der Waals surface area contributed by atoms with Gasteiger partial charge in [-0.1, -0.05) is 115 Å². The number of furan rings is 1. The van der Waals surface area contributed by atoms with Crippen molar-refractivity contribution in [2.45, 2.75) is 0 Å². The molecule has 7 aromatic carbocycles. The van der Waals surface area contributed by atoms with Crippen molar-refractivity contribution in [2.75, 3.05) is 0 Å². The van der Waals surface area contributed by atoms with E-state index in [1.54, 1.807) is 0 Å². The molecule has 10 rings (SSSR count). The Morgan fingerprint density at radius 3 is 1.55 bits per heavy atom. The predicted octanol–water partition coefficient (Wildman–Crippen LogP) is 12.0. The highest BCUT2D eigenvalue weighted by Gasteiger charge is 2.22. The Bertz CT molecular complexity index is 2760. The summed E-state index contributed by atoms with van der Waals surface area (Å²) in [6, 6.07) is 60.5. The molecule has 0 fully saturated rings. The molecule has 47 heavy (non-hydrogen) atoms. The first-order valence-corrected chi connectivity index (χ1v) is 16.0. The van der Waals surface area contributed by atoms with E-state index in [1.165, 1.54) is 38.6 Å². The van der Waals surface area contributed by atoms with Crippen LogP contribution in [0.25, 0.3) is 88.4 Å². The summed E-state index contributed by atoms with van der Waals surface area (Å²) in [5.74, 6) is 0. The minimum Gasteiger partial charge on any atom is -0.454 e. The largest absolute Gasteiger partial charge is 0.454 e. The summed E-state index contributed by atoms with van der Waals surface area (Å²) >= 11 is 0. The Morgan fingerprint density at radius 1 is 0.362 bits per heavy atom. The third kappa shape index (κ3) is 3.81. The van der Waals surface area contributed by atoms with Crippen LogP contribution >= 0.6 is 0 Å². The van der Waals surface area contributed by atoms with Crippen molar-refractivity contribution < 1.29 is 4.42 Å². The number of para-hydroxylation sites is 4. The lowest BCUT2D eigenvalue weighted by atomic mass is 9.95. The van der Waals surface area contributed by atoms with Gasteiger partial charge in [-0.3, -0.25) is 0 Å². The zero-order valence-electron chi connectivity index (χ0n) is 25.5. The molecule has 0 aliphatic rings. The van der Waals surface area contributed by atoms with E-state index in [2.05, 4.69) is 179 Å². The Balaban J connectivity index is 1.18. The molecule has 3 aromatic heterocycles. The summed E-state index contributed by atoms with van der Waals surface area (Å²) in [4.78, 5) is 0. The summed E-state index contributed by atoms with van der Waals surface area (Å²) in [7, 11) is 0. The zero-order valence-corrected chi connectivity index (χ0v) is 25.5. The van der Waals surface area contributed by atoms with Crippen LogP contribution in [0.1, 0.15) is 0 Å². The average molecular weight is 601 g/mol. The number of aromatic nitrogens is 2. The normalized spacial score (nSPS) is 11.8. The predicted molar refractivity (Wildman–Crippen MR) is 196 cm³/mol. The van der Waals surface area contributed by atoms with Crippen LogP contribution < -0.4 is 0 Å². The summed E-state index contributed by atoms with van der Waals surface area (Å²) in [6.45, 7) is 0. The summed E-state index contributed by atoms with van der Waals surface area (Å²) < 4.78 is 11.3. The van der Waals surface area contributed by atoms with E-state index in [4.69, 9.17) is 4.42 Å². The Kier molecular flexibility index (Phi) is 5.57. The molecule has 0 atom stereocenters. The first kappa shape index (κ1) is 26.0. The minimum absolute atomic E-state index is 0.894. The van der Waals surface area contributed by atoms with Gasteiger partial charge in [0.2, 0.25) is 0 Å². The molecule has 0 unspecified atom stereocenters. The van der Waals surface area contributed by atoms with Crippen LogP contribution in [0.4, 0.5) is 0 Å². The van der Waals surface area contributed by atoms with Gasteiger partial charge >= 0.3 is 0 Å². The second kappa shape index (κ2) is 10.1. The molecule has 220 valence electrons. The molecular weight excluding hydrogens is 572 g/mol. The van der Waals surface area contributed by atoms with E-state index < -0.39 is 0 Å². The lowest BCUT2D eigenvalue weighted by Gasteiger charge is -2.11. The fraction of sp³-hybridized carbons (Fsp3) is 0. The van der Waals surface area contributed by atoms with Gasteiger partial charge in [0, 0.05) is 27.5 Å². The molecule has 3 heterocycles. The smallest absolute Gasteiger partial charge is 0.161 e. The van der Waals surface area contributed by atoms with Gasteiger partial charge in [0.05, 0.1) is 21.9 Å². The maximum atomic E-state index is 6.63. The van der Waals surface area contributed by atoms with Gasteiger partial charge in [-0.25, -0.2) is 0 Å². The number of fused-ring (bicyclic) bond motifs is 8. The first-order chi connectivity index (χ1) is 23.3. The highest BCUT2D eigenvalue weighted by molar-refractivity contribution is 6.20. The molecule has 0 radical (unpaired) electrons. The van der Waals surface area contributed by atoms with E-state index in [-0.39, 0.29) is 0 Å². The molecule has 0 saturated heterocycles. The third-order valence-corrected chi connectivity index (χ3v) is 9.54. The van der Waals surface area contributed by atoms with Crippen molar-refractivity contribution in [3.8, 4) is 33.6 Å². The van der Waals surface area contributed by atoms with E-state index >= 15 is 0 Å². The lowest BCUT2D eigenvalue weighted by Crippen LogP contribution is -1.93. The second-order valence-corrected chi connectivity index (χ2v) is 12.1. The highest BCUT2D eigenvalue weighted by atomic mass is 16.3. The molecule has 0 N–H and O–H groups in total. The van der Waals surface area contributed by atoms with E-state index in [1.807, 2.05) is 0 Å². The number of hydrogen-bond acceptors (Lipinski definition) is 1. The topological polar surface area (TPSA) is 23.0 Å². The lowest BCUT2D eigenvalue weighted by molar-refractivity contribution is 0.673. The van der Waals surface area contributed by atoms with E-state index in [9.17, 15) is 0 Å². The van der Waals surface area contributed by atoms with Crippen LogP contribution in [0.15, 0.2) is 174 Å². The van der Waals surface area contributed by atoms with E-state index in [0.717, 1.165) is 49.8 Å². The molecule has 0 bridgehead atoms. The van der Waals surface area contributed by atoms with Gasteiger partial charge in [-0.15, -0.1) is 0 Å². The maximum absolute atomic E-state index is 6.63. The summed E-state index contributed by atoms with van der Waals surface area (Å²) in [5.41, 5.74) is 13.5. The molecule has 0 spiro atoms. The quantitative estimate of drug-likeness (QED) is 0.197. The molecule has 0 aliphatic heterocycles. The number of hydrogen-bond donors (Lipinski definition) is 0. The fourth-order valence-electron chi connectivity index (χ4n) is 7.54. The third-order valence-electron chi connectivity index (χ3n) is 9.54. The molecule has 3 nitrogen and oxygen atoms in total. The van der Waals surface area contributed by atoms with Crippen LogP contribution in [0.5, 0.6) is 0 Å². The average Bonchev–Trinajstić information content (AvgIpc) is 3.79. The molecule has 0 saturated carbocycles. The van der Waals surface area contributed by atoms with E-state index in [0.29, 0.717) is 0 Å². The summed E-state index contributed by atoms with van der Waals surface area (Å²) in [5, 5.41) is 4.77. The number of benzene rings is 7. The van der Waals surface area contributed by atoms with Crippen LogP contribution in [0.2, 0.25) is 0 Å². The molecular formula is C44H28N2O. The SMILES string of the molecule is c1ccc(-n2c3ccccc3c3c(-c4ccc(-c5cccc6oc7c8ccccc8n(-c8ccccc8)c7c56)cc4)cccc32)cc1. The molecule has 0 aliphatic carbocycles. The van der Waals surface area contributed by atoms with Crippen molar-refractivity contribution >= 4 is 54.8 Å². The molecule has 3 heteroatoms.